The molecule has 0 spiro atoms. The zero-order valence-corrected chi connectivity index (χ0v) is 17.5. The summed E-state index contributed by atoms with van der Waals surface area (Å²) in [6, 6.07) is 33.5. The normalized spacial score (nSPS) is 24.5. The van der Waals surface area contributed by atoms with Crippen LogP contribution in [0.3, 0.4) is 0 Å². The number of hydrogen-bond acceptors (Lipinski definition) is 2. The van der Waals surface area contributed by atoms with Crippen molar-refractivity contribution in [3.63, 3.8) is 0 Å². The Morgan fingerprint density at radius 3 is 1.63 bits per heavy atom. The molecule has 0 unspecified atom stereocenters. The number of fused-ring (bicyclic) bond motifs is 1. The van der Waals surface area contributed by atoms with Crippen LogP contribution in [-0.4, -0.2) is 28.7 Å². The molecule has 1 saturated carbocycles. The topological polar surface area (TPSA) is 23.5 Å². The standard InChI is InChI=1S/C28H31NO/c30-21-26-20-22-12-10-11-19-27(22)29(26)28(23-13-4-1-5-14-23,24-15-6-2-7-16-24)25-17-8-3-9-18-25/h1-9,13-18,22,26-27,30H,10-12,19-21H2/t22-,26-,27-/m0/s1. The minimum absolute atomic E-state index is 0.165. The molecule has 2 nitrogen and oxygen atoms in total. The van der Waals surface area contributed by atoms with Crippen molar-refractivity contribution in [2.75, 3.05) is 6.61 Å². The highest BCUT2D eigenvalue weighted by molar-refractivity contribution is 5.50. The summed E-state index contributed by atoms with van der Waals surface area (Å²) in [5.74, 6) is 0.673. The number of aliphatic hydroxyl groups excluding tert-OH is 1. The average molecular weight is 398 g/mol. The van der Waals surface area contributed by atoms with E-state index >= 15 is 0 Å². The molecule has 1 N–H and O–H groups in total. The van der Waals surface area contributed by atoms with Gasteiger partial charge < -0.3 is 5.11 Å². The molecule has 0 aromatic heterocycles. The molecule has 2 aliphatic rings. The van der Waals surface area contributed by atoms with Gasteiger partial charge in [0.15, 0.2) is 0 Å². The Bertz CT molecular complexity index is 843. The van der Waals surface area contributed by atoms with E-state index in [0.29, 0.717) is 12.0 Å². The Morgan fingerprint density at radius 2 is 1.17 bits per heavy atom. The maximum atomic E-state index is 10.5. The lowest BCUT2D eigenvalue weighted by molar-refractivity contribution is 0.0432. The van der Waals surface area contributed by atoms with Crippen LogP contribution in [0, 0.1) is 5.92 Å². The lowest BCUT2D eigenvalue weighted by Gasteiger charge is -2.50. The first-order valence-corrected chi connectivity index (χ1v) is 11.4. The first-order chi connectivity index (χ1) is 14.9. The Labute approximate surface area is 180 Å². The smallest absolute Gasteiger partial charge is 0.0978 e. The van der Waals surface area contributed by atoms with Crippen molar-refractivity contribution in [1.29, 1.82) is 0 Å². The van der Waals surface area contributed by atoms with Crippen molar-refractivity contribution in [1.82, 2.24) is 4.90 Å². The molecule has 3 atom stereocenters. The lowest BCUT2D eigenvalue weighted by Crippen LogP contribution is -2.55. The molecule has 0 radical (unpaired) electrons. The Morgan fingerprint density at radius 1 is 0.700 bits per heavy atom. The van der Waals surface area contributed by atoms with Crippen LogP contribution in [0.2, 0.25) is 0 Å². The molecule has 1 saturated heterocycles. The summed E-state index contributed by atoms with van der Waals surface area (Å²) in [5, 5.41) is 10.5. The number of likely N-dealkylation sites (tertiary alicyclic amines) is 1. The molecule has 2 heteroatoms. The predicted octanol–water partition coefficient (Wildman–Crippen LogP) is 5.60. The van der Waals surface area contributed by atoms with Gasteiger partial charge in [-0.2, -0.15) is 0 Å². The highest BCUT2D eigenvalue weighted by Crippen LogP contribution is 2.52. The second kappa shape index (κ2) is 8.37. The molecule has 154 valence electrons. The Hall–Kier alpha value is -2.42. The summed E-state index contributed by atoms with van der Waals surface area (Å²) < 4.78 is 0. The van der Waals surface area contributed by atoms with Gasteiger partial charge in [0.25, 0.3) is 0 Å². The van der Waals surface area contributed by atoms with E-state index in [4.69, 9.17) is 0 Å². The highest BCUT2D eigenvalue weighted by Gasteiger charge is 2.53. The van der Waals surface area contributed by atoms with Gasteiger partial charge in [0.05, 0.1) is 12.1 Å². The summed E-state index contributed by atoms with van der Waals surface area (Å²) in [7, 11) is 0. The van der Waals surface area contributed by atoms with E-state index < -0.39 is 5.54 Å². The van der Waals surface area contributed by atoms with Crippen molar-refractivity contribution >= 4 is 0 Å². The number of benzene rings is 3. The third kappa shape index (κ3) is 3.10. The van der Waals surface area contributed by atoms with Crippen LogP contribution >= 0.6 is 0 Å². The zero-order valence-electron chi connectivity index (χ0n) is 17.5. The van der Waals surface area contributed by atoms with Gasteiger partial charge in [0.2, 0.25) is 0 Å². The second-order valence-electron chi connectivity index (χ2n) is 8.90. The van der Waals surface area contributed by atoms with Crippen LogP contribution in [0.4, 0.5) is 0 Å². The van der Waals surface area contributed by atoms with Gasteiger partial charge in [0, 0.05) is 12.1 Å². The maximum absolute atomic E-state index is 10.5. The SMILES string of the molecule is OC[C@@H]1C[C@@H]2CCCC[C@@H]2N1C(c1ccccc1)(c1ccccc1)c1ccccc1. The molecule has 3 aromatic rings. The van der Waals surface area contributed by atoms with Crippen LogP contribution in [0.5, 0.6) is 0 Å². The van der Waals surface area contributed by atoms with E-state index in [9.17, 15) is 5.11 Å². The van der Waals surface area contributed by atoms with Gasteiger partial charge in [-0.1, -0.05) is 104 Å². The first-order valence-electron chi connectivity index (χ1n) is 11.4. The quantitative estimate of drug-likeness (QED) is 0.566. The van der Waals surface area contributed by atoms with E-state index in [1.807, 2.05) is 0 Å². The number of rotatable bonds is 5. The van der Waals surface area contributed by atoms with Crippen molar-refractivity contribution < 1.29 is 5.11 Å². The molecule has 3 aromatic carbocycles. The fourth-order valence-electron chi connectivity index (χ4n) is 6.23. The van der Waals surface area contributed by atoms with Gasteiger partial charge >= 0.3 is 0 Å². The molecule has 2 fully saturated rings. The molecule has 0 bridgehead atoms. The molecule has 1 aliphatic heterocycles. The maximum Gasteiger partial charge on any atom is 0.0978 e. The summed E-state index contributed by atoms with van der Waals surface area (Å²) in [6.07, 6.45) is 6.20. The van der Waals surface area contributed by atoms with E-state index in [1.165, 1.54) is 42.4 Å². The van der Waals surface area contributed by atoms with E-state index in [0.717, 1.165) is 6.42 Å². The fraction of sp³-hybridized carbons (Fsp3) is 0.357. The fourth-order valence-corrected chi connectivity index (χ4v) is 6.23. The first kappa shape index (κ1) is 19.5. The van der Waals surface area contributed by atoms with Crippen molar-refractivity contribution in [2.24, 2.45) is 5.92 Å². The van der Waals surface area contributed by atoms with Gasteiger partial charge in [-0.25, -0.2) is 0 Å². The molecular formula is C28H31NO. The minimum atomic E-state index is -0.409. The summed E-state index contributed by atoms with van der Waals surface area (Å²) in [5.41, 5.74) is 3.44. The summed E-state index contributed by atoms with van der Waals surface area (Å²) in [4.78, 5) is 2.71. The monoisotopic (exact) mass is 397 g/mol. The van der Waals surface area contributed by atoms with Crippen LogP contribution in [0.1, 0.15) is 48.8 Å². The molecule has 0 amide bonds. The minimum Gasteiger partial charge on any atom is -0.395 e. The predicted molar refractivity (Wildman–Crippen MR) is 122 cm³/mol. The molecular weight excluding hydrogens is 366 g/mol. The Balaban J connectivity index is 1.82. The third-order valence-corrected chi connectivity index (χ3v) is 7.37. The van der Waals surface area contributed by atoms with Crippen LogP contribution in [-0.2, 0) is 5.54 Å². The van der Waals surface area contributed by atoms with E-state index in [-0.39, 0.29) is 12.6 Å². The summed E-state index contributed by atoms with van der Waals surface area (Å²) >= 11 is 0. The van der Waals surface area contributed by atoms with Gasteiger partial charge in [-0.15, -0.1) is 0 Å². The number of aliphatic hydroxyl groups is 1. The van der Waals surface area contributed by atoms with Crippen molar-refractivity contribution in [3.8, 4) is 0 Å². The van der Waals surface area contributed by atoms with Gasteiger partial charge in [-0.05, 0) is 41.9 Å². The molecule has 5 rings (SSSR count). The van der Waals surface area contributed by atoms with Gasteiger partial charge in [0.1, 0.15) is 0 Å². The highest BCUT2D eigenvalue weighted by atomic mass is 16.3. The summed E-state index contributed by atoms with van der Waals surface area (Å²) in [6.45, 7) is 0.210. The van der Waals surface area contributed by atoms with E-state index in [2.05, 4.69) is 95.9 Å². The number of nitrogens with zero attached hydrogens (tertiary/aromatic N) is 1. The van der Waals surface area contributed by atoms with Gasteiger partial charge in [-0.3, -0.25) is 4.90 Å². The average Bonchev–Trinajstić information content (AvgIpc) is 3.21. The lowest BCUT2D eigenvalue weighted by atomic mass is 9.73. The van der Waals surface area contributed by atoms with Crippen LogP contribution < -0.4 is 0 Å². The van der Waals surface area contributed by atoms with Crippen LogP contribution in [0.25, 0.3) is 0 Å². The van der Waals surface area contributed by atoms with Crippen LogP contribution in [0.15, 0.2) is 91.0 Å². The van der Waals surface area contributed by atoms with E-state index in [1.54, 1.807) is 0 Å². The second-order valence-corrected chi connectivity index (χ2v) is 8.90. The number of hydrogen-bond donors (Lipinski definition) is 1. The zero-order chi connectivity index (χ0) is 20.4. The molecule has 1 aliphatic carbocycles. The van der Waals surface area contributed by atoms with Crippen molar-refractivity contribution in [2.45, 2.75) is 49.7 Å². The third-order valence-electron chi connectivity index (χ3n) is 7.37. The molecule has 30 heavy (non-hydrogen) atoms. The largest absolute Gasteiger partial charge is 0.395 e. The molecule has 1 heterocycles. The Kier molecular flexibility index (Phi) is 5.45. The van der Waals surface area contributed by atoms with Crippen molar-refractivity contribution in [3.05, 3.63) is 108 Å².